The van der Waals surface area contributed by atoms with E-state index in [9.17, 15) is 10.2 Å². The molecule has 4 N–H and O–H groups in total. The summed E-state index contributed by atoms with van der Waals surface area (Å²) in [6.45, 7) is 7.73. The fourth-order valence-corrected chi connectivity index (χ4v) is 3.40. The molecule has 0 amide bonds. The van der Waals surface area contributed by atoms with Gasteiger partial charge in [0.1, 0.15) is 36.9 Å². The number of hydrogen-bond acceptors (Lipinski definition) is 6. The number of allylic oxidation sites excluding steroid dienone is 2. The first-order chi connectivity index (χ1) is 14.7. The highest BCUT2D eigenvalue weighted by Gasteiger charge is 2.18. The molecule has 2 rings (SSSR count). The van der Waals surface area contributed by atoms with Crippen LogP contribution in [0.4, 0.5) is 0 Å². The van der Waals surface area contributed by atoms with Crippen LogP contribution >= 0.6 is 0 Å². The van der Waals surface area contributed by atoms with Crippen molar-refractivity contribution in [2.75, 3.05) is 39.4 Å². The van der Waals surface area contributed by atoms with Crippen molar-refractivity contribution in [2.45, 2.75) is 64.6 Å². The average molecular weight is 421 g/mol. The van der Waals surface area contributed by atoms with Gasteiger partial charge in [0.25, 0.3) is 0 Å². The summed E-state index contributed by atoms with van der Waals surface area (Å²) in [6.07, 6.45) is 9.26. The van der Waals surface area contributed by atoms with Gasteiger partial charge in [0.05, 0.1) is 0 Å². The third kappa shape index (κ3) is 8.64. The minimum atomic E-state index is -0.539. The summed E-state index contributed by atoms with van der Waals surface area (Å²) in [6, 6.07) is 3.83. The molecule has 1 aromatic carbocycles. The first-order valence-electron chi connectivity index (χ1n) is 11.5. The smallest absolute Gasteiger partial charge is 0.123 e. The standard InChI is InChI=1S/C24H40N2O4/c1-3-5-13-25-15-19(27)17-29-23-11-12-24(22-10-8-7-9-21(22)23)30-18-20(28)16-26-14-6-4-2/h7-8,11-12,19-20,25-28H,3-6,9-10,13-18H2,1-2H3. The van der Waals surface area contributed by atoms with E-state index in [-0.39, 0.29) is 13.2 Å². The second-order valence-electron chi connectivity index (χ2n) is 7.94. The van der Waals surface area contributed by atoms with Crippen molar-refractivity contribution in [3.63, 3.8) is 0 Å². The molecule has 170 valence electrons. The zero-order valence-corrected chi connectivity index (χ0v) is 18.7. The lowest BCUT2D eigenvalue weighted by Gasteiger charge is -2.22. The van der Waals surface area contributed by atoms with E-state index in [0.717, 1.165) is 74.2 Å². The van der Waals surface area contributed by atoms with E-state index in [4.69, 9.17) is 9.47 Å². The molecular formula is C24H40N2O4. The largest absolute Gasteiger partial charge is 0.491 e. The van der Waals surface area contributed by atoms with Crippen LogP contribution in [0.2, 0.25) is 0 Å². The Hall–Kier alpha value is -1.60. The molecule has 0 saturated carbocycles. The lowest BCUT2D eigenvalue weighted by molar-refractivity contribution is 0.103. The molecular weight excluding hydrogens is 380 g/mol. The molecule has 1 aromatic rings. The van der Waals surface area contributed by atoms with Gasteiger partial charge in [-0.2, -0.15) is 0 Å². The Morgan fingerprint density at radius 1 is 0.800 bits per heavy atom. The van der Waals surface area contributed by atoms with Gasteiger partial charge in [-0.05, 0) is 50.9 Å². The van der Waals surface area contributed by atoms with E-state index in [2.05, 4.69) is 36.6 Å². The third-order valence-electron chi connectivity index (χ3n) is 5.19. The molecule has 0 spiro atoms. The Morgan fingerprint density at radius 2 is 1.23 bits per heavy atom. The lowest BCUT2D eigenvalue weighted by atomic mass is 9.95. The van der Waals surface area contributed by atoms with Gasteiger partial charge in [-0.15, -0.1) is 0 Å². The second kappa shape index (κ2) is 14.4. The number of rotatable bonds is 16. The van der Waals surface area contributed by atoms with Gasteiger partial charge in [0, 0.05) is 24.2 Å². The van der Waals surface area contributed by atoms with Gasteiger partial charge in [0.15, 0.2) is 0 Å². The molecule has 6 nitrogen and oxygen atoms in total. The zero-order valence-electron chi connectivity index (χ0n) is 18.7. The summed E-state index contributed by atoms with van der Waals surface area (Å²) in [5, 5.41) is 26.8. The van der Waals surface area contributed by atoms with Crippen molar-refractivity contribution in [1.29, 1.82) is 0 Å². The molecule has 2 unspecified atom stereocenters. The van der Waals surface area contributed by atoms with E-state index in [1.165, 1.54) is 0 Å². The first kappa shape index (κ1) is 24.7. The summed E-state index contributed by atoms with van der Waals surface area (Å²) in [4.78, 5) is 0. The van der Waals surface area contributed by atoms with Crippen LogP contribution in [0.15, 0.2) is 24.3 Å². The fourth-order valence-electron chi connectivity index (χ4n) is 3.40. The number of unbranched alkanes of at least 4 members (excludes halogenated alkanes) is 2. The van der Waals surface area contributed by atoms with Gasteiger partial charge >= 0.3 is 0 Å². The number of benzene rings is 1. The molecule has 30 heavy (non-hydrogen) atoms. The van der Waals surface area contributed by atoms with Crippen LogP contribution in [0, 0.1) is 0 Å². The van der Waals surface area contributed by atoms with Gasteiger partial charge in [-0.25, -0.2) is 0 Å². The first-order valence-corrected chi connectivity index (χ1v) is 11.5. The van der Waals surface area contributed by atoms with Crippen molar-refractivity contribution >= 4 is 0 Å². The number of fused-ring (bicyclic) bond motifs is 1. The molecule has 0 fully saturated rings. The Morgan fingerprint density at radius 3 is 1.63 bits per heavy atom. The molecule has 0 aliphatic heterocycles. The second-order valence-corrected chi connectivity index (χ2v) is 7.94. The van der Waals surface area contributed by atoms with Crippen LogP contribution in [-0.4, -0.2) is 61.8 Å². The summed E-state index contributed by atoms with van der Waals surface area (Å²) in [7, 11) is 0. The summed E-state index contributed by atoms with van der Waals surface area (Å²) >= 11 is 0. The van der Waals surface area contributed by atoms with Crippen LogP contribution in [0.1, 0.15) is 50.7 Å². The van der Waals surface area contributed by atoms with Crippen LogP contribution in [0.5, 0.6) is 11.5 Å². The molecule has 6 heteroatoms. The summed E-state index contributed by atoms with van der Waals surface area (Å²) in [5.41, 5.74) is 2.22. The highest BCUT2D eigenvalue weighted by molar-refractivity contribution is 5.52. The van der Waals surface area contributed by atoms with Crippen LogP contribution in [0.25, 0.3) is 0 Å². The maximum atomic E-state index is 10.2. The van der Waals surface area contributed by atoms with Gasteiger partial charge in [-0.1, -0.05) is 38.8 Å². The molecule has 1 aliphatic rings. The van der Waals surface area contributed by atoms with Gasteiger partial charge in [-0.3, -0.25) is 0 Å². The summed E-state index contributed by atoms with van der Waals surface area (Å²) in [5.74, 6) is 1.60. The van der Waals surface area contributed by atoms with Gasteiger partial charge in [0.2, 0.25) is 0 Å². The number of nitrogens with one attached hydrogen (secondary N) is 2. The topological polar surface area (TPSA) is 83.0 Å². The zero-order chi connectivity index (χ0) is 21.6. The maximum Gasteiger partial charge on any atom is 0.123 e. The fraction of sp³-hybridized carbons (Fsp3) is 0.667. The highest BCUT2D eigenvalue weighted by Crippen LogP contribution is 2.34. The quantitative estimate of drug-likeness (QED) is 0.243. The van der Waals surface area contributed by atoms with Crippen molar-refractivity contribution < 1.29 is 19.7 Å². The van der Waals surface area contributed by atoms with E-state index in [0.29, 0.717) is 13.1 Å². The number of hydrogen-bond donors (Lipinski definition) is 4. The molecule has 0 saturated heterocycles. The van der Waals surface area contributed by atoms with E-state index >= 15 is 0 Å². The normalized spacial score (nSPS) is 14.9. The van der Waals surface area contributed by atoms with Crippen LogP contribution in [0.3, 0.4) is 0 Å². The van der Waals surface area contributed by atoms with E-state index < -0.39 is 12.2 Å². The lowest BCUT2D eigenvalue weighted by Crippen LogP contribution is -2.32. The van der Waals surface area contributed by atoms with Crippen molar-refractivity contribution in [2.24, 2.45) is 0 Å². The summed E-state index contributed by atoms with van der Waals surface area (Å²) < 4.78 is 11.9. The maximum absolute atomic E-state index is 10.2. The minimum absolute atomic E-state index is 0.262. The Bertz CT molecular complexity index is 583. The minimum Gasteiger partial charge on any atom is -0.491 e. The molecule has 0 heterocycles. The average Bonchev–Trinajstić information content (AvgIpc) is 2.77. The van der Waals surface area contributed by atoms with Crippen molar-refractivity contribution in [3.8, 4) is 11.5 Å². The number of ether oxygens (including phenoxy) is 2. The molecule has 0 aromatic heterocycles. The van der Waals surface area contributed by atoms with Crippen molar-refractivity contribution in [3.05, 3.63) is 35.4 Å². The Balaban J connectivity index is 1.87. The predicted octanol–water partition coefficient (Wildman–Crippen LogP) is 2.60. The molecule has 0 radical (unpaired) electrons. The van der Waals surface area contributed by atoms with Crippen molar-refractivity contribution in [1.82, 2.24) is 10.6 Å². The number of aliphatic hydroxyl groups is 2. The monoisotopic (exact) mass is 420 g/mol. The van der Waals surface area contributed by atoms with Crippen LogP contribution < -0.4 is 20.1 Å². The molecule has 2 atom stereocenters. The SMILES string of the molecule is CCCCNCC(O)COc1ccc(OCC(O)CNCCCC)c2c1CC=CC2. The van der Waals surface area contributed by atoms with E-state index in [1.807, 2.05) is 12.1 Å². The van der Waals surface area contributed by atoms with Gasteiger partial charge < -0.3 is 30.3 Å². The number of aliphatic hydroxyl groups excluding tert-OH is 2. The third-order valence-corrected chi connectivity index (χ3v) is 5.19. The predicted molar refractivity (Wildman–Crippen MR) is 122 cm³/mol. The molecule has 0 bridgehead atoms. The van der Waals surface area contributed by atoms with E-state index in [1.54, 1.807) is 0 Å². The Labute approximate surface area is 181 Å². The highest BCUT2D eigenvalue weighted by atomic mass is 16.5. The Kier molecular flexibility index (Phi) is 11.9. The molecule has 1 aliphatic carbocycles. The van der Waals surface area contributed by atoms with Crippen LogP contribution in [-0.2, 0) is 12.8 Å².